The first-order chi connectivity index (χ1) is 14.2. The molecule has 2 heterocycles. The topological polar surface area (TPSA) is 109 Å². The first-order valence-corrected chi connectivity index (χ1v) is 10.3. The standard InChI is InChI=1S/C19H26ClN5O3.CH4O/c1-19(2,3)28-18(27)24(4)15-10-14(20)23-16-13(11-21-25(15)16)17(26)22-12-8-6-5-7-9-12;1-2/h10-12H,5-9H2,1-4H3,(H,22,26);2H,1H3. The van der Waals surface area contributed by atoms with Gasteiger partial charge in [0.05, 0.1) is 6.20 Å². The van der Waals surface area contributed by atoms with Crippen molar-refractivity contribution in [3.8, 4) is 0 Å². The van der Waals surface area contributed by atoms with E-state index in [0.717, 1.165) is 32.8 Å². The van der Waals surface area contributed by atoms with Crippen LogP contribution >= 0.6 is 11.6 Å². The summed E-state index contributed by atoms with van der Waals surface area (Å²) < 4.78 is 6.82. The first-order valence-electron chi connectivity index (χ1n) is 9.92. The molecule has 1 aliphatic carbocycles. The Balaban J connectivity index is 0.00000155. The van der Waals surface area contributed by atoms with Gasteiger partial charge in [0.15, 0.2) is 5.65 Å². The molecule has 9 nitrogen and oxygen atoms in total. The van der Waals surface area contributed by atoms with Crippen LogP contribution in [0.2, 0.25) is 5.15 Å². The van der Waals surface area contributed by atoms with Gasteiger partial charge < -0.3 is 15.2 Å². The molecule has 0 unspecified atom stereocenters. The van der Waals surface area contributed by atoms with E-state index in [1.165, 1.54) is 28.1 Å². The van der Waals surface area contributed by atoms with E-state index in [9.17, 15) is 9.59 Å². The summed E-state index contributed by atoms with van der Waals surface area (Å²) in [5.41, 5.74) is -0.0191. The van der Waals surface area contributed by atoms with Crippen molar-refractivity contribution in [2.24, 2.45) is 0 Å². The van der Waals surface area contributed by atoms with Crippen LogP contribution in [-0.4, -0.2) is 57.5 Å². The van der Waals surface area contributed by atoms with Crippen molar-refractivity contribution in [3.05, 3.63) is 23.0 Å². The highest BCUT2D eigenvalue weighted by Gasteiger charge is 2.25. The highest BCUT2D eigenvalue weighted by molar-refractivity contribution is 6.30. The number of ether oxygens (including phenoxy) is 1. The predicted molar refractivity (Wildman–Crippen MR) is 115 cm³/mol. The maximum absolute atomic E-state index is 12.7. The largest absolute Gasteiger partial charge is 0.443 e. The number of nitrogens with zero attached hydrogens (tertiary/aromatic N) is 4. The van der Waals surface area contributed by atoms with Crippen LogP contribution in [0.1, 0.15) is 63.2 Å². The average molecular weight is 440 g/mol. The van der Waals surface area contributed by atoms with E-state index in [4.69, 9.17) is 21.4 Å². The molecule has 1 fully saturated rings. The van der Waals surface area contributed by atoms with Crippen molar-refractivity contribution in [1.29, 1.82) is 0 Å². The summed E-state index contributed by atoms with van der Waals surface area (Å²) >= 11 is 6.17. The lowest BCUT2D eigenvalue weighted by atomic mass is 9.95. The first kappa shape index (κ1) is 23.9. The second kappa shape index (κ2) is 10.1. The second-order valence-corrected chi connectivity index (χ2v) is 8.47. The number of amides is 2. The SMILES string of the molecule is CN(C(=O)OC(C)(C)C)c1cc(Cl)nc2c(C(=O)NC3CCCCC3)cnn12.CO. The van der Waals surface area contributed by atoms with E-state index in [-0.39, 0.29) is 17.1 Å². The minimum Gasteiger partial charge on any atom is -0.443 e. The molecule has 0 saturated heterocycles. The summed E-state index contributed by atoms with van der Waals surface area (Å²) in [5.74, 6) is 0.128. The number of rotatable bonds is 3. The lowest BCUT2D eigenvalue weighted by Gasteiger charge is -2.25. The van der Waals surface area contributed by atoms with Crippen LogP contribution in [0.4, 0.5) is 10.6 Å². The van der Waals surface area contributed by atoms with E-state index in [1.54, 1.807) is 27.8 Å². The van der Waals surface area contributed by atoms with Crippen LogP contribution in [0, 0.1) is 0 Å². The maximum Gasteiger partial charge on any atom is 0.415 e. The van der Waals surface area contributed by atoms with Gasteiger partial charge in [-0.3, -0.25) is 9.69 Å². The third-order valence-corrected chi connectivity index (χ3v) is 4.81. The maximum atomic E-state index is 12.7. The Morgan fingerprint density at radius 1 is 1.27 bits per heavy atom. The lowest BCUT2D eigenvalue weighted by Crippen LogP contribution is -2.36. The van der Waals surface area contributed by atoms with E-state index < -0.39 is 11.7 Å². The Morgan fingerprint density at radius 2 is 1.90 bits per heavy atom. The Morgan fingerprint density at radius 3 is 2.50 bits per heavy atom. The molecule has 0 bridgehead atoms. The fourth-order valence-corrected chi connectivity index (χ4v) is 3.43. The van der Waals surface area contributed by atoms with Crippen LogP contribution in [0.15, 0.2) is 12.3 Å². The van der Waals surface area contributed by atoms with Gasteiger partial charge >= 0.3 is 6.09 Å². The van der Waals surface area contributed by atoms with Crippen molar-refractivity contribution in [3.63, 3.8) is 0 Å². The number of aliphatic hydroxyl groups excluding tert-OH is 1. The van der Waals surface area contributed by atoms with Gasteiger partial charge in [-0.1, -0.05) is 30.9 Å². The molecule has 0 spiro atoms. The number of hydrogen-bond acceptors (Lipinski definition) is 6. The minimum atomic E-state index is -0.642. The van der Waals surface area contributed by atoms with Gasteiger partial charge in [0.25, 0.3) is 5.91 Å². The van der Waals surface area contributed by atoms with Crippen molar-refractivity contribution < 1.29 is 19.4 Å². The van der Waals surface area contributed by atoms with Crippen LogP contribution in [0.3, 0.4) is 0 Å². The van der Waals surface area contributed by atoms with Crippen molar-refractivity contribution in [1.82, 2.24) is 19.9 Å². The fraction of sp³-hybridized carbons (Fsp3) is 0.600. The van der Waals surface area contributed by atoms with Gasteiger partial charge in [-0.2, -0.15) is 9.61 Å². The molecule has 1 aliphatic rings. The molecular formula is C20H30ClN5O4. The average Bonchev–Trinajstić information content (AvgIpc) is 3.11. The summed E-state index contributed by atoms with van der Waals surface area (Å²) in [7, 11) is 2.56. The van der Waals surface area contributed by atoms with Gasteiger partial charge in [0.2, 0.25) is 0 Å². The quantitative estimate of drug-likeness (QED) is 0.709. The summed E-state index contributed by atoms with van der Waals surface area (Å²) in [4.78, 5) is 30.7. The Labute approximate surface area is 181 Å². The number of nitrogens with one attached hydrogen (secondary N) is 1. The lowest BCUT2D eigenvalue weighted by molar-refractivity contribution is 0.0587. The number of hydrogen-bond donors (Lipinski definition) is 2. The van der Waals surface area contributed by atoms with Crippen LogP contribution in [-0.2, 0) is 4.74 Å². The van der Waals surface area contributed by atoms with Gasteiger partial charge in [-0.05, 0) is 33.6 Å². The molecule has 0 atom stereocenters. The Kier molecular flexibility index (Phi) is 8.03. The number of aliphatic hydroxyl groups is 1. The summed E-state index contributed by atoms with van der Waals surface area (Å²) in [6, 6.07) is 1.67. The normalized spacial score (nSPS) is 14.6. The molecule has 30 heavy (non-hydrogen) atoms. The zero-order chi connectivity index (χ0) is 22.5. The summed E-state index contributed by atoms with van der Waals surface area (Å²) in [5, 5.41) is 14.5. The zero-order valence-corrected chi connectivity index (χ0v) is 18.9. The molecule has 3 rings (SSSR count). The molecule has 166 valence electrons. The van der Waals surface area contributed by atoms with Gasteiger partial charge in [-0.25, -0.2) is 9.78 Å². The molecule has 0 radical (unpaired) electrons. The third kappa shape index (κ3) is 5.82. The number of anilines is 1. The van der Waals surface area contributed by atoms with Crippen molar-refractivity contribution in [2.75, 3.05) is 19.1 Å². The molecular weight excluding hydrogens is 410 g/mol. The highest BCUT2D eigenvalue weighted by Crippen LogP contribution is 2.24. The molecule has 0 aliphatic heterocycles. The van der Waals surface area contributed by atoms with Crippen molar-refractivity contribution >= 4 is 35.1 Å². The van der Waals surface area contributed by atoms with Gasteiger partial charge in [0.1, 0.15) is 22.1 Å². The highest BCUT2D eigenvalue weighted by atomic mass is 35.5. The minimum absolute atomic E-state index is 0.158. The molecule has 0 aromatic carbocycles. The molecule has 2 amide bonds. The number of halogens is 1. The second-order valence-electron chi connectivity index (χ2n) is 8.08. The molecule has 2 aromatic rings. The molecule has 2 N–H and O–H groups in total. The van der Waals surface area contributed by atoms with E-state index >= 15 is 0 Å². The number of carbonyl (C=O) groups excluding carboxylic acids is 2. The molecule has 1 saturated carbocycles. The fourth-order valence-electron chi connectivity index (χ4n) is 3.25. The summed E-state index contributed by atoms with van der Waals surface area (Å²) in [6.45, 7) is 5.36. The van der Waals surface area contributed by atoms with E-state index in [0.29, 0.717) is 17.0 Å². The molecule has 10 heteroatoms. The monoisotopic (exact) mass is 439 g/mol. The Bertz CT molecular complexity index is 887. The van der Waals surface area contributed by atoms with Gasteiger partial charge in [0, 0.05) is 26.3 Å². The summed E-state index contributed by atoms with van der Waals surface area (Å²) in [6.07, 6.45) is 6.30. The number of aromatic nitrogens is 3. The van der Waals surface area contributed by atoms with Gasteiger partial charge in [-0.15, -0.1) is 0 Å². The zero-order valence-electron chi connectivity index (χ0n) is 18.1. The van der Waals surface area contributed by atoms with Crippen LogP contribution < -0.4 is 10.2 Å². The molecule has 2 aromatic heterocycles. The van der Waals surface area contributed by atoms with Crippen LogP contribution in [0.5, 0.6) is 0 Å². The Hall–Kier alpha value is -2.39. The van der Waals surface area contributed by atoms with E-state index in [1.807, 2.05) is 0 Å². The predicted octanol–water partition coefficient (Wildman–Crippen LogP) is 3.43. The smallest absolute Gasteiger partial charge is 0.415 e. The number of carbonyl (C=O) groups is 2. The van der Waals surface area contributed by atoms with Crippen LogP contribution in [0.25, 0.3) is 5.65 Å². The van der Waals surface area contributed by atoms with E-state index in [2.05, 4.69) is 15.4 Å². The van der Waals surface area contributed by atoms with Crippen molar-refractivity contribution in [2.45, 2.75) is 64.5 Å². The third-order valence-electron chi connectivity index (χ3n) is 4.62. The number of fused-ring (bicyclic) bond motifs is 1.